The number of nitrogens with two attached hydrogens (primary N) is 1. The molecule has 4 heteroatoms. The summed E-state index contributed by atoms with van der Waals surface area (Å²) < 4.78 is 1.80. The van der Waals surface area contributed by atoms with E-state index in [1.807, 2.05) is 19.4 Å². The first-order valence-corrected chi connectivity index (χ1v) is 5.15. The lowest BCUT2D eigenvalue weighted by Crippen LogP contribution is -2.12. The molecule has 0 aliphatic rings. The van der Waals surface area contributed by atoms with Crippen LogP contribution in [-0.4, -0.2) is 22.9 Å². The van der Waals surface area contributed by atoms with Gasteiger partial charge in [-0.15, -0.1) is 0 Å². The summed E-state index contributed by atoms with van der Waals surface area (Å²) in [5.74, 6) is 0.666. The third-order valence-electron chi connectivity index (χ3n) is 2.26. The summed E-state index contributed by atoms with van der Waals surface area (Å²) in [4.78, 5) is 0. The van der Waals surface area contributed by atoms with Crippen molar-refractivity contribution in [2.75, 3.05) is 18.4 Å². The van der Waals surface area contributed by atoms with E-state index in [-0.39, 0.29) is 0 Å². The van der Waals surface area contributed by atoms with E-state index in [1.165, 1.54) is 6.42 Å². The van der Waals surface area contributed by atoms with E-state index in [0.29, 0.717) is 5.92 Å². The van der Waals surface area contributed by atoms with Gasteiger partial charge in [0.05, 0.1) is 11.9 Å². The summed E-state index contributed by atoms with van der Waals surface area (Å²) in [6.45, 7) is 4.02. The lowest BCUT2D eigenvalue weighted by molar-refractivity contribution is 0.538. The molecule has 0 fully saturated rings. The molecule has 0 aromatic carbocycles. The molecule has 0 aliphatic carbocycles. The van der Waals surface area contributed by atoms with E-state index in [4.69, 9.17) is 5.73 Å². The number of aromatic nitrogens is 2. The Labute approximate surface area is 85.5 Å². The number of anilines is 1. The molecule has 1 aromatic rings. The molecule has 3 N–H and O–H groups in total. The van der Waals surface area contributed by atoms with Crippen LogP contribution in [0, 0.1) is 5.92 Å². The largest absolute Gasteiger partial charge is 0.382 e. The van der Waals surface area contributed by atoms with Gasteiger partial charge in [-0.05, 0) is 25.3 Å². The van der Waals surface area contributed by atoms with E-state index in [1.54, 1.807) is 4.68 Å². The van der Waals surface area contributed by atoms with Crippen molar-refractivity contribution in [1.82, 2.24) is 9.78 Å². The van der Waals surface area contributed by atoms with Gasteiger partial charge < -0.3 is 11.1 Å². The van der Waals surface area contributed by atoms with Crippen LogP contribution < -0.4 is 11.1 Å². The van der Waals surface area contributed by atoms with Crippen molar-refractivity contribution in [3.05, 3.63) is 12.4 Å². The van der Waals surface area contributed by atoms with E-state index < -0.39 is 0 Å². The molecule has 0 saturated heterocycles. The highest BCUT2D eigenvalue weighted by molar-refractivity contribution is 5.37. The highest BCUT2D eigenvalue weighted by Gasteiger charge is 2.01. The van der Waals surface area contributed by atoms with E-state index >= 15 is 0 Å². The van der Waals surface area contributed by atoms with Gasteiger partial charge in [-0.3, -0.25) is 4.68 Å². The van der Waals surface area contributed by atoms with Crippen LogP contribution in [0.1, 0.15) is 19.8 Å². The van der Waals surface area contributed by atoms with E-state index in [2.05, 4.69) is 17.3 Å². The zero-order chi connectivity index (χ0) is 10.4. The molecule has 0 amide bonds. The first-order valence-electron chi connectivity index (χ1n) is 5.15. The van der Waals surface area contributed by atoms with Crippen molar-refractivity contribution >= 4 is 5.69 Å². The molecular weight excluding hydrogens is 176 g/mol. The summed E-state index contributed by atoms with van der Waals surface area (Å²) in [5.41, 5.74) is 6.54. The van der Waals surface area contributed by atoms with Gasteiger partial charge in [-0.2, -0.15) is 5.10 Å². The average Bonchev–Trinajstić information content (AvgIpc) is 2.58. The maximum Gasteiger partial charge on any atom is 0.0726 e. The Balaban J connectivity index is 2.20. The predicted molar refractivity (Wildman–Crippen MR) is 59.2 cm³/mol. The van der Waals surface area contributed by atoms with Crippen LogP contribution in [0.15, 0.2) is 12.4 Å². The van der Waals surface area contributed by atoms with Crippen molar-refractivity contribution in [3.63, 3.8) is 0 Å². The second-order valence-electron chi connectivity index (χ2n) is 3.82. The number of hydrogen-bond donors (Lipinski definition) is 2. The van der Waals surface area contributed by atoms with Crippen LogP contribution in [-0.2, 0) is 7.05 Å². The SMILES string of the molecule is CC(CCCN)CNc1cnn(C)c1. The number of aryl methyl sites for hydroxylation is 1. The first kappa shape index (κ1) is 11.0. The Hall–Kier alpha value is -1.03. The van der Waals surface area contributed by atoms with E-state index in [9.17, 15) is 0 Å². The molecule has 0 radical (unpaired) electrons. The summed E-state index contributed by atoms with van der Waals surface area (Å²) >= 11 is 0. The third kappa shape index (κ3) is 3.79. The maximum atomic E-state index is 5.45. The highest BCUT2D eigenvalue weighted by atomic mass is 15.3. The minimum Gasteiger partial charge on any atom is -0.382 e. The Morgan fingerprint density at radius 2 is 2.43 bits per heavy atom. The summed E-state index contributed by atoms with van der Waals surface area (Å²) in [7, 11) is 1.92. The van der Waals surface area contributed by atoms with Gasteiger partial charge in [-0.1, -0.05) is 6.92 Å². The van der Waals surface area contributed by atoms with Crippen LogP contribution in [0.4, 0.5) is 5.69 Å². The number of nitrogens with one attached hydrogen (secondary N) is 1. The van der Waals surface area contributed by atoms with Crippen LogP contribution in [0.5, 0.6) is 0 Å². The van der Waals surface area contributed by atoms with Crippen molar-refractivity contribution in [3.8, 4) is 0 Å². The zero-order valence-electron chi connectivity index (χ0n) is 9.03. The highest BCUT2D eigenvalue weighted by Crippen LogP contribution is 2.08. The maximum absolute atomic E-state index is 5.45. The molecule has 0 bridgehead atoms. The quantitative estimate of drug-likeness (QED) is 0.719. The fourth-order valence-corrected chi connectivity index (χ4v) is 1.37. The first-order chi connectivity index (χ1) is 6.72. The van der Waals surface area contributed by atoms with E-state index in [0.717, 1.165) is 25.2 Å². The fourth-order valence-electron chi connectivity index (χ4n) is 1.37. The van der Waals surface area contributed by atoms with Crippen molar-refractivity contribution < 1.29 is 0 Å². The summed E-state index contributed by atoms with van der Waals surface area (Å²) in [6.07, 6.45) is 6.12. The van der Waals surface area contributed by atoms with Crippen molar-refractivity contribution in [2.45, 2.75) is 19.8 Å². The van der Waals surface area contributed by atoms with Gasteiger partial charge in [-0.25, -0.2) is 0 Å². The Morgan fingerprint density at radius 3 is 3.00 bits per heavy atom. The minimum absolute atomic E-state index is 0.666. The number of nitrogens with zero attached hydrogens (tertiary/aromatic N) is 2. The van der Waals surface area contributed by atoms with Crippen molar-refractivity contribution in [1.29, 1.82) is 0 Å². The van der Waals surface area contributed by atoms with Crippen LogP contribution in [0.25, 0.3) is 0 Å². The molecule has 0 aliphatic heterocycles. The topological polar surface area (TPSA) is 55.9 Å². The zero-order valence-corrected chi connectivity index (χ0v) is 9.03. The molecule has 80 valence electrons. The predicted octanol–water partition coefficient (Wildman–Crippen LogP) is 1.21. The molecule has 1 rings (SSSR count). The molecular formula is C10H20N4. The molecule has 14 heavy (non-hydrogen) atoms. The van der Waals surface area contributed by atoms with Gasteiger partial charge in [0.25, 0.3) is 0 Å². The van der Waals surface area contributed by atoms with Gasteiger partial charge in [0.15, 0.2) is 0 Å². The summed E-state index contributed by atoms with van der Waals surface area (Å²) in [5, 5.41) is 7.44. The smallest absolute Gasteiger partial charge is 0.0726 e. The Morgan fingerprint density at radius 1 is 1.64 bits per heavy atom. The third-order valence-corrected chi connectivity index (χ3v) is 2.26. The van der Waals surface area contributed by atoms with Gasteiger partial charge in [0, 0.05) is 19.8 Å². The molecule has 1 unspecified atom stereocenters. The molecule has 0 spiro atoms. The normalized spacial score (nSPS) is 12.8. The minimum atomic E-state index is 0.666. The van der Waals surface area contributed by atoms with Gasteiger partial charge in [0.1, 0.15) is 0 Å². The Kier molecular flexibility index (Phi) is 4.46. The van der Waals surface area contributed by atoms with Gasteiger partial charge in [0.2, 0.25) is 0 Å². The molecule has 4 nitrogen and oxygen atoms in total. The van der Waals surface area contributed by atoms with Crippen molar-refractivity contribution in [2.24, 2.45) is 18.7 Å². The lowest BCUT2D eigenvalue weighted by Gasteiger charge is -2.11. The molecule has 1 atom stereocenters. The molecule has 1 heterocycles. The van der Waals surface area contributed by atoms with Crippen LogP contribution in [0.3, 0.4) is 0 Å². The standard InChI is InChI=1S/C10H20N4/c1-9(4-3-5-11)6-12-10-7-13-14(2)8-10/h7-9,12H,3-6,11H2,1-2H3. The summed E-state index contributed by atoms with van der Waals surface area (Å²) in [6, 6.07) is 0. The fraction of sp³-hybridized carbons (Fsp3) is 0.700. The number of rotatable bonds is 6. The van der Waals surface area contributed by atoms with Gasteiger partial charge >= 0.3 is 0 Å². The van der Waals surface area contributed by atoms with Crippen LogP contribution >= 0.6 is 0 Å². The lowest BCUT2D eigenvalue weighted by atomic mass is 10.1. The molecule has 0 saturated carbocycles. The second-order valence-corrected chi connectivity index (χ2v) is 3.82. The Bertz CT molecular complexity index is 256. The van der Waals surface area contributed by atoms with Crippen LogP contribution in [0.2, 0.25) is 0 Å². The monoisotopic (exact) mass is 196 g/mol. The molecule has 1 aromatic heterocycles. The average molecular weight is 196 g/mol. The number of hydrogen-bond acceptors (Lipinski definition) is 3. The second kappa shape index (κ2) is 5.65.